The van der Waals surface area contributed by atoms with Crippen LogP contribution < -0.4 is 5.32 Å². The second kappa shape index (κ2) is 6.64. The molecule has 0 unspecified atom stereocenters. The van der Waals surface area contributed by atoms with E-state index in [9.17, 15) is 0 Å². The van der Waals surface area contributed by atoms with Crippen LogP contribution in [0.25, 0.3) is 0 Å². The standard InChI is InChI=1S/C16H29N5O/c1-16(2)10-15(6-9-22-16)20(3)11-13-12-21(19-18-13)14-4-7-17-8-5-14/h12,14-15,17H,4-11H2,1-3H3/t15-/m1/s1. The maximum atomic E-state index is 5.81. The number of ether oxygens (including phenoxy) is 1. The van der Waals surface area contributed by atoms with Crippen molar-refractivity contribution in [3.05, 3.63) is 11.9 Å². The van der Waals surface area contributed by atoms with Crippen molar-refractivity contribution in [1.29, 1.82) is 0 Å². The summed E-state index contributed by atoms with van der Waals surface area (Å²) in [7, 11) is 2.19. The van der Waals surface area contributed by atoms with Gasteiger partial charge in [0.05, 0.1) is 23.5 Å². The van der Waals surface area contributed by atoms with Crippen LogP contribution in [-0.4, -0.2) is 58.3 Å². The first-order valence-electron chi connectivity index (χ1n) is 8.49. The highest BCUT2D eigenvalue weighted by Crippen LogP contribution is 2.27. The van der Waals surface area contributed by atoms with Crippen LogP contribution in [0.5, 0.6) is 0 Å². The molecule has 1 aromatic rings. The average molecular weight is 307 g/mol. The Hall–Kier alpha value is -0.980. The van der Waals surface area contributed by atoms with E-state index in [2.05, 4.69) is 52.3 Å². The third-order valence-electron chi connectivity index (χ3n) is 4.95. The smallest absolute Gasteiger partial charge is 0.0967 e. The molecule has 1 atom stereocenters. The lowest BCUT2D eigenvalue weighted by Crippen LogP contribution is -2.44. The topological polar surface area (TPSA) is 55.2 Å². The molecule has 6 nitrogen and oxygen atoms in total. The number of nitrogens with one attached hydrogen (secondary N) is 1. The molecule has 0 saturated carbocycles. The summed E-state index contributed by atoms with van der Waals surface area (Å²) >= 11 is 0. The highest BCUT2D eigenvalue weighted by atomic mass is 16.5. The van der Waals surface area contributed by atoms with E-state index in [0.29, 0.717) is 12.1 Å². The minimum Gasteiger partial charge on any atom is -0.375 e. The molecular formula is C16H29N5O. The fraction of sp³-hybridized carbons (Fsp3) is 0.875. The molecule has 0 amide bonds. The van der Waals surface area contributed by atoms with Gasteiger partial charge < -0.3 is 10.1 Å². The van der Waals surface area contributed by atoms with Crippen LogP contribution in [0.4, 0.5) is 0 Å². The molecule has 0 radical (unpaired) electrons. The van der Waals surface area contributed by atoms with Gasteiger partial charge in [-0.05, 0) is 59.7 Å². The van der Waals surface area contributed by atoms with Crippen LogP contribution in [0.15, 0.2) is 6.20 Å². The minimum absolute atomic E-state index is 0.0100. The molecule has 1 aromatic heterocycles. The van der Waals surface area contributed by atoms with Gasteiger partial charge in [0.15, 0.2) is 0 Å². The largest absolute Gasteiger partial charge is 0.375 e. The molecule has 2 saturated heterocycles. The van der Waals surface area contributed by atoms with Crippen LogP contribution in [0.2, 0.25) is 0 Å². The van der Waals surface area contributed by atoms with Gasteiger partial charge in [-0.3, -0.25) is 4.90 Å². The van der Waals surface area contributed by atoms with Gasteiger partial charge in [-0.2, -0.15) is 0 Å². The highest BCUT2D eigenvalue weighted by Gasteiger charge is 2.31. The number of hydrogen-bond acceptors (Lipinski definition) is 5. The molecule has 2 aliphatic rings. The Morgan fingerprint density at radius 2 is 2.14 bits per heavy atom. The fourth-order valence-electron chi connectivity index (χ4n) is 3.60. The maximum absolute atomic E-state index is 5.81. The summed E-state index contributed by atoms with van der Waals surface area (Å²) in [6, 6.07) is 1.07. The highest BCUT2D eigenvalue weighted by molar-refractivity contribution is 4.95. The van der Waals surface area contributed by atoms with Gasteiger partial charge >= 0.3 is 0 Å². The minimum atomic E-state index is -0.0100. The Balaban J connectivity index is 1.57. The quantitative estimate of drug-likeness (QED) is 0.915. The van der Waals surface area contributed by atoms with E-state index in [4.69, 9.17) is 4.74 Å². The Kier molecular flexibility index (Phi) is 4.80. The van der Waals surface area contributed by atoms with Gasteiger partial charge in [0.1, 0.15) is 0 Å². The van der Waals surface area contributed by atoms with Crippen molar-refractivity contribution in [1.82, 2.24) is 25.2 Å². The first kappa shape index (κ1) is 15.9. The summed E-state index contributed by atoms with van der Waals surface area (Å²) in [5.74, 6) is 0. The van der Waals surface area contributed by atoms with E-state index in [1.54, 1.807) is 0 Å². The SMILES string of the molecule is CN(Cc1cn(C2CCNCC2)nn1)[C@@H]1CCOC(C)(C)C1. The van der Waals surface area contributed by atoms with Crippen molar-refractivity contribution in [3.8, 4) is 0 Å². The second-order valence-corrected chi connectivity index (χ2v) is 7.34. The van der Waals surface area contributed by atoms with E-state index >= 15 is 0 Å². The zero-order valence-electron chi connectivity index (χ0n) is 14.1. The summed E-state index contributed by atoms with van der Waals surface area (Å²) in [5, 5.41) is 12.1. The number of hydrogen-bond donors (Lipinski definition) is 1. The molecule has 2 aliphatic heterocycles. The monoisotopic (exact) mass is 307 g/mol. The molecule has 0 aliphatic carbocycles. The molecule has 124 valence electrons. The van der Waals surface area contributed by atoms with Crippen LogP contribution >= 0.6 is 0 Å². The van der Waals surface area contributed by atoms with Gasteiger partial charge in [0.2, 0.25) is 0 Å². The molecule has 1 N–H and O–H groups in total. The van der Waals surface area contributed by atoms with E-state index in [-0.39, 0.29) is 5.60 Å². The van der Waals surface area contributed by atoms with Crippen molar-refractivity contribution < 1.29 is 4.74 Å². The fourth-order valence-corrected chi connectivity index (χ4v) is 3.60. The zero-order chi connectivity index (χ0) is 15.6. The van der Waals surface area contributed by atoms with E-state index in [1.165, 1.54) is 0 Å². The Labute approximate surface area is 133 Å². The van der Waals surface area contributed by atoms with Gasteiger partial charge in [0.25, 0.3) is 0 Å². The molecule has 0 aromatic carbocycles. The third kappa shape index (κ3) is 3.86. The van der Waals surface area contributed by atoms with Crippen molar-refractivity contribution in [3.63, 3.8) is 0 Å². The number of piperidine rings is 1. The van der Waals surface area contributed by atoms with Crippen molar-refractivity contribution in [2.45, 2.75) is 63.8 Å². The van der Waals surface area contributed by atoms with Crippen molar-refractivity contribution >= 4 is 0 Å². The Morgan fingerprint density at radius 1 is 1.36 bits per heavy atom. The average Bonchev–Trinajstić information content (AvgIpc) is 2.95. The first-order chi connectivity index (χ1) is 10.5. The van der Waals surface area contributed by atoms with Crippen LogP contribution in [0.1, 0.15) is 51.3 Å². The maximum Gasteiger partial charge on any atom is 0.0967 e. The van der Waals surface area contributed by atoms with Gasteiger partial charge in [0, 0.05) is 19.2 Å². The number of rotatable bonds is 4. The Bertz CT molecular complexity index is 481. The van der Waals surface area contributed by atoms with Gasteiger partial charge in [-0.15, -0.1) is 5.10 Å². The van der Waals surface area contributed by atoms with E-state index in [0.717, 1.165) is 57.6 Å². The lowest BCUT2D eigenvalue weighted by molar-refractivity contribution is -0.0810. The first-order valence-corrected chi connectivity index (χ1v) is 8.49. The summed E-state index contributed by atoms with van der Waals surface area (Å²) in [6.45, 7) is 8.24. The van der Waals surface area contributed by atoms with Crippen molar-refractivity contribution in [2.24, 2.45) is 0 Å². The summed E-state index contributed by atoms with van der Waals surface area (Å²) < 4.78 is 7.88. The van der Waals surface area contributed by atoms with Crippen LogP contribution in [0.3, 0.4) is 0 Å². The second-order valence-electron chi connectivity index (χ2n) is 7.34. The van der Waals surface area contributed by atoms with Crippen LogP contribution in [0, 0.1) is 0 Å². The molecular weight excluding hydrogens is 278 g/mol. The van der Waals surface area contributed by atoms with Gasteiger partial charge in [-0.1, -0.05) is 5.21 Å². The summed E-state index contributed by atoms with van der Waals surface area (Å²) in [5.41, 5.74) is 1.06. The van der Waals surface area contributed by atoms with Crippen LogP contribution in [-0.2, 0) is 11.3 Å². The lowest BCUT2D eigenvalue weighted by Gasteiger charge is -2.39. The summed E-state index contributed by atoms with van der Waals surface area (Å²) in [4.78, 5) is 2.40. The predicted octanol–water partition coefficient (Wildman–Crippen LogP) is 1.59. The molecule has 3 heterocycles. The van der Waals surface area contributed by atoms with Crippen molar-refractivity contribution in [2.75, 3.05) is 26.7 Å². The zero-order valence-corrected chi connectivity index (χ0v) is 14.1. The summed E-state index contributed by atoms with van der Waals surface area (Å²) in [6.07, 6.45) is 6.60. The number of nitrogens with zero attached hydrogens (tertiary/aromatic N) is 4. The third-order valence-corrected chi connectivity index (χ3v) is 4.95. The molecule has 22 heavy (non-hydrogen) atoms. The predicted molar refractivity (Wildman–Crippen MR) is 85.7 cm³/mol. The number of aromatic nitrogens is 3. The molecule has 2 fully saturated rings. The molecule has 0 bridgehead atoms. The molecule has 0 spiro atoms. The molecule has 3 rings (SSSR count). The Morgan fingerprint density at radius 3 is 2.86 bits per heavy atom. The molecule has 6 heteroatoms. The lowest BCUT2D eigenvalue weighted by atomic mass is 9.93. The van der Waals surface area contributed by atoms with Gasteiger partial charge in [-0.25, -0.2) is 4.68 Å². The normalized spacial score (nSPS) is 26.5. The van der Waals surface area contributed by atoms with E-state index < -0.39 is 0 Å². The van der Waals surface area contributed by atoms with E-state index in [1.807, 2.05) is 0 Å².